The summed E-state index contributed by atoms with van der Waals surface area (Å²) in [5.74, 6) is 0.967. The fraction of sp³-hybridized carbons (Fsp3) is 0.417. The molecule has 0 fully saturated rings. The van der Waals surface area contributed by atoms with Crippen LogP contribution < -0.4 is 5.32 Å². The van der Waals surface area contributed by atoms with Crippen LogP contribution >= 0.6 is 11.3 Å². The van der Waals surface area contributed by atoms with E-state index in [-0.39, 0.29) is 0 Å². The Kier molecular flexibility index (Phi) is 3.62. The Labute approximate surface area is 100 Å². The molecule has 0 aliphatic heterocycles. The number of nitrogens with one attached hydrogen (secondary N) is 1. The normalized spacial score (nSPS) is 10.6. The zero-order chi connectivity index (χ0) is 11.4. The maximum atomic E-state index is 4.32. The highest BCUT2D eigenvalue weighted by molar-refractivity contribution is 7.10. The second-order valence-electron chi connectivity index (χ2n) is 3.83. The SMILES string of the molecule is CCCNc1nccn1Cc1sccc1C. The predicted octanol–water partition coefficient (Wildman–Crippen LogP) is 3.12. The van der Waals surface area contributed by atoms with E-state index in [1.807, 2.05) is 12.4 Å². The molecular formula is C12H17N3S. The van der Waals surface area contributed by atoms with Gasteiger partial charge in [0.15, 0.2) is 0 Å². The molecule has 2 heterocycles. The summed E-state index contributed by atoms with van der Waals surface area (Å²) in [6.07, 6.45) is 4.99. The number of aryl methyl sites for hydroxylation is 1. The van der Waals surface area contributed by atoms with E-state index in [4.69, 9.17) is 0 Å². The van der Waals surface area contributed by atoms with Crippen molar-refractivity contribution in [2.45, 2.75) is 26.8 Å². The van der Waals surface area contributed by atoms with Gasteiger partial charge in [0.1, 0.15) is 0 Å². The number of rotatable bonds is 5. The molecule has 4 heteroatoms. The molecule has 0 bridgehead atoms. The van der Waals surface area contributed by atoms with Crippen molar-refractivity contribution >= 4 is 17.3 Å². The van der Waals surface area contributed by atoms with Crippen LogP contribution in [-0.4, -0.2) is 16.1 Å². The molecule has 2 rings (SSSR count). The van der Waals surface area contributed by atoms with E-state index in [1.165, 1.54) is 10.4 Å². The van der Waals surface area contributed by atoms with Gasteiger partial charge >= 0.3 is 0 Å². The minimum absolute atomic E-state index is 0.912. The Morgan fingerprint density at radius 2 is 2.38 bits per heavy atom. The molecule has 86 valence electrons. The summed E-state index contributed by atoms with van der Waals surface area (Å²) >= 11 is 1.80. The molecule has 0 radical (unpaired) electrons. The summed E-state index contributed by atoms with van der Waals surface area (Å²) < 4.78 is 2.16. The van der Waals surface area contributed by atoms with Crippen LogP contribution in [-0.2, 0) is 6.54 Å². The average molecular weight is 235 g/mol. The average Bonchev–Trinajstić information content (AvgIpc) is 2.87. The second-order valence-corrected chi connectivity index (χ2v) is 4.83. The van der Waals surface area contributed by atoms with Gasteiger partial charge in [-0.25, -0.2) is 4.98 Å². The maximum Gasteiger partial charge on any atom is 0.203 e. The zero-order valence-electron chi connectivity index (χ0n) is 9.73. The van der Waals surface area contributed by atoms with Crippen LogP contribution in [0.25, 0.3) is 0 Å². The molecule has 3 nitrogen and oxygen atoms in total. The molecule has 0 aromatic carbocycles. The van der Waals surface area contributed by atoms with Crippen LogP contribution in [0.3, 0.4) is 0 Å². The van der Waals surface area contributed by atoms with Crippen LogP contribution in [0.5, 0.6) is 0 Å². The van der Waals surface area contributed by atoms with Gasteiger partial charge in [0, 0.05) is 23.8 Å². The molecule has 0 aliphatic rings. The fourth-order valence-electron chi connectivity index (χ4n) is 1.56. The Morgan fingerprint density at radius 1 is 1.50 bits per heavy atom. The van der Waals surface area contributed by atoms with Crippen LogP contribution in [0.1, 0.15) is 23.8 Å². The molecular weight excluding hydrogens is 218 g/mol. The van der Waals surface area contributed by atoms with Gasteiger partial charge in [0.25, 0.3) is 0 Å². The maximum absolute atomic E-state index is 4.32. The monoisotopic (exact) mass is 235 g/mol. The molecule has 1 N–H and O–H groups in total. The third-order valence-corrected chi connectivity index (χ3v) is 3.54. The number of thiophene rings is 1. The first-order valence-electron chi connectivity index (χ1n) is 5.59. The van der Waals surface area contributed by atoms with Crippen molar-refractivity contribution in [2.24, 2.45) is 0 Å². The van der Waals surface area contributed by atoms with Gasteiger partial charge in [-0.15, -0.1) is 11.3 Å². The highest BCUT2D eigenvalue weighted by Crippen LogP contribution is 2.18. The van der Waals surface area contributed by atoms with Crippen molar-refractivity contribution in [2.75, 3.05) is 11.9 Å². The van der Waals surface area contributed by atoms with Crippen molar-refractivity contribution in [1.82, 2.24) is 9.55 Å². The lowest BCUT2D eigenvalue weighted by molar-refractivity contribution is 0.800. The van der Waals surface area contributed by atoms with Crippen LogP contribution in [0.15, 0.2) is 23.8 Å². The van der Waals surface area contributed by atoms with Gasteiger partial charge in [-0.1, -0.05) is 6.92 Å². The number of aromatic nitrogens is 2. The van der Waals surface area contributed by atoms with Crippen molar-refractivity contribution < 1.29 is 0 Å². The number of imidazole rings is 1. The van der Waals surface area contributed by atoms with E-state index in [2.05, 4.69) is 40.2 Å². The Bertz CT molecular complexity index is 445. The topological polar surface area (TPSA) is 29.9 Å². The first-order valence-corrected chi connectivity index (χ1v) is 6.47. The zero-order valence-corrected chi connectivity index (χ0v) is 10.5. The summed E-state index contributed by atoms with van der Waals surface area (Å²) in [4.78, 5) is 5.72. The van der Waals surface area contributed by atoms with Crippen LogP contribution in [0.2, 0.25) is 0 Å². The number of hydrogen-bond donors (Lipinski definition) is 1. The second kappa shape index (κ2) is 5.16. The smallest absolute Gasteiger partial charge is 0.203 e. The van der Waals surface area contributed by atoms with Gasteiger partial charge in [0.05, 0.1) is 6.54 Å². The number of nitrogens with zero attached hydrogens (tertiary/aromatic N) is 2. The molecule has 0 amide bonds. The number of hydrogen-bond acceptors (Lipinski definition) is 3. The molecule has 0 aliphatic carbocycles. The quantitative estimate of drug-likeness (QED) is 0.863. The van der Waals surface area contributed by atoms with Crippen molar-refractivity contribution in [1.29, 1.82) is 0 Å². The van der Waals surface area contributed by atoms with E-state index in [9.17, 15) is 0 Å². The Hall–Kier alpha value is -1.29. The molecule has 0 spiro atoms. The molecule has 16 heavy (non-hydrogen) atoms. The van der Waals surface area contributed by atoms with E-state index < -0.39 is 0 Å². The lowest BCUT2D eigenvalue weighted by Gasteiger charge is -2.08. The lowest BCUT2D eigenvalue weighted by Crippen LogP contribution is -2.08. The third kappa shape index (κ3) is 2.44. The summed E-state index contributed by atoms with van der Waals surface area (Å²) in [5.41, 5.74) is 1.36. The van der Waals surface area contributed by atoms with Crippen molar-refractivity contribution in [3.05, 3.63) is 34.3 Å². The molecule has 0 atom stereocenters. The van der Waals surface area contributed by atoms with Gasteiger partial charge in [0.2, 0.25) is 5.95 Å². The molecule has 0 unspecified atom stereocenters. The van der Waals surface area contributed by atoms with Crippen molar-refractivity contribution in [3.8, 4) is 0 Å². The lowest BCUT2D eigenvalue weighted by atomic mass is 10.3. The van der Waals surface area contributed by atoms with E-state index in [0.29, 0.717) is 0 Å². The Morgan fingerprint density at radius 3 is 3.06 bits per heavy atom. The predicted molar refractivity (Wildman–Crippen MR) is 69.2 cm³/mol. The Balaban J connectivity index is 2.09. The van der Waals surface area contributed by atoms with E-state index >= 15 is 0 Å². The van der Waals surface area contributed by atoms with Gasteiger partial charge in [-0.05, 0) is 30.4 Å². The molecule has 0 saturated carbocycles. The highest BCUT2D eigenvalue weighted by atomic mass is 32.1. The van der Waals surface area contributed by atoms with Crippen molar-refractivity contribution in [3.63, 3.8) is 0 Å². The fourth-order valence-corrected chi connectivity index (χ4v) is 2.47. The molecule has 2 aromatic rings. The number of anilines is 1. The molecule has 2 aromatic heterocycles. The largest absolute Gasteiger partial charge is 0.356 e. The summed E-state index contributed by atoms with van der Waals surface area (Å²) in [6.45, 7) is 6.20. The standard InChI is InChI=1S/C12H17N3S/c1-3-5-13-12-14-6-7-15(12)9-11-10(2)4-8-16-11/h4,6-8H,3,5,9H2,1-2H3,(H,13,14). The third-order valence-electron chi connectivity index (χ3n) is 2.53. The molecule has 0 saturated heterocycles. The van der Waals surface area contributed by atoms with Gasteiger partial charge in [-0.2, -0.15) is 0 Å². The highest BCUT2D eigenvalue weighted by Gasteiger charge is 2.05. The van der Waals surface area contributed by atoms with Crippen LogP contribution in [0, 0.1) is 6.92 Å². The summed E-state index contributed by atoms with van der Waals surface area (Å²) in [7, 11) is 0. The van der Waals surface area contributed by atoms with Gasteiger partial charge in [-0.3, -0.25) is 0 Å². The summed E-state index contributed by atoms with van der Waals surface area (Å²) in [6, 6.07) is 2.16. The van der Waals surface area contributed by atoms with Crippen LogP contribution in [0.4, 0.5) is 5.95 Å². The van der Waals surface area contributed by atoms with Gasteiger partial charge < -0.3 is 9.88 Å². The minimum Gasteiger partial charge on any atom is -0.356 e. The van der Waals surface area contributed by atoms with E-state index in [0.717, 1.165) is 25.5 Å². The minimum atomic E-state index is 0.912. The first-order chi connectivity index (χ1) is 7.81. The van der Waals surface area contributed by atoms with E-state index in [1.54, 1.807) is 11.3 Å². The summed E-state index contributed by atoms with van der Waals surface area (Å²) in [5, 5.41) is 5.47. The first kappa shape index (κ1) is 11.2.